The Morgan fingerprint density at radius 1 is 1.50 bits per heavy atom. The van der Waals surface area contributed by atoms with E-state index in [1.807, 2.05) is 0 Å². The first-order chi connectivity index (χ1) is 5.74. The average Bonchev–Trinajstić information content (AvgIpc) is 2.07. The van der Waals surface area contributed by atoms with Gasteiger partial charge in [0.1, 0.15) is 5.82 Å². The van der Waals surface area contributed by atoms with Gasteiger partial charge in [-0.05, 0) is 24.6 Å². The predicted molar refractivity (Wildman–Crippen MR) is 51.9 cm³/mol. The molecule has 1 rings (SSSR count). The molecule has 12 heavy (non-hydrogen) atoms. The molecular formula is C10H9FS. The van der Waals surface area contributed by atoms with Gasteiger partial charge in [-0.3, -0.25) is 0 Å². The van der Waals surface area contributed by atoms with Crippen LogP contribution in [0.15, 0.2) is 18.2 Å². The van der Waals surface area contributed by atoms with Crippen LogP contribution in [0.3, 0.4) is 0 Å². The SMILES string of the molecule is Cc1ccc(C#CCS)cc1F. The number of hydrogen-bond donors (Lipinski definition) is 1. The standard InChI is InChI=1S/C10H9FS/c1-8-4-5-9(3-2-6-12)7-10(8)11/h4-5,7,12H,6H2,1H3. The van der Waals surface area contributed by atoms with Gasteiger partial charge in [0.05, 0.1) is 5.75 Å². The van der Waals surface area contributed by atoms with Crippen molar-refractivity contribution in [1.82, 2.24) is 0 Å². The first-order valence-electron chi connectivity index (χ1n) is 3.60. The van der Waals surface area contributed by atoms with Crippen LogP contribution in [0, 0.1) is 24.6 Å². The van der Waals surface area contributed by atoms with E-state index in [9.17, 15) is 4.39 Å². The molecule has 0 nitrogen and oxygen atoms in total. The van der Waals surface area contributed by atoms with Crippen LogP contribution < -0.4 is 0 Å². The van der Waals surface area contributed by atoms with Crippen molar-refractivity contribution in [1.29, 1.82) is 0 Å². The van der Waals surface area contributed by atoms with Crippen molar-refractivity contribution in [2.24, 2.45) is 0 Å². The monoisotopic (exact) mass is 180 g/mol. The minimum Gasteiger partial charge on any atom is -0.207 e. The summed E-state index contributed by atoms with van der Waals surface area (Å²) in [7, 11) is 0. The number of rotatable bonds is 0. The molecule has 62 valence electrons. The van der Waals surface area contributed by atoms with Gasteiger partial charge in [-0.2, -0.15) is 12.6 Å². The Hall–Kier alpha value is -0.940. The van der Waals surface area contributed by atoms with Crippen molar-refractivity contribution >= 4 is 12.6 Å². The second-order valence-electron chi connectivity index (χ2n) is 2.42. The number of hydrogen-bond acceptors (Lipinski definition) is 1. The lowest BCUT2D eigenvalue weighted by Crippen LogP contribution is -1.83. The van der Waals surface area contributed by atoms with Gasteiger partial charge in [0.25, 0.3) is 0 Å². The van der Waals surface area contributed by atoms with Crippen molar-refractivity contribution < 1.29 is 4.39 Å². The molecule has 2 heteroatoms. The summed E-state index contributed by atoms with van der Waals surface area (Å²) >= 11 is 3.93. The largest absolute Gasteiger partial charge is 0.207 e. The summed E-state index contributed by atoms with van der Waals surface area (Å²) in [6.45, 7) is 1.73. The highest BCUT2D eigenvalue weighted by molar-refractivity contribution is 7.80. The van der Waals surface area contributed by atoms with Gasteiger partial charge in [0.15, 0.2) is 0 Å². The van der Waals surface area contributed by atoms with Crippen molar-refractivity contribution in [3.8, 4) is 11.8 Å². The highest BCUT2D eigenvalue weighted by Gasteiger charge is 1.95. The smallest absolute Gasteiger partial charge is 0.127 e. The average molecular weight is 180 g/mol. The van der Waals surface area contributed by atoms with Crippen molar-refractivity contribution in [3.63, 3.8) is 0 Å². The molecular weight excluding hydrogens is 171 g/mol. The summed E-state index contributed by atoms with van der Waals surface area (Å²) < 4.78 is 12.9. The fraction of sp³-hybridized carbons (Fsp3) is 0.200. The van der Waals surface area contributed by atoms with Crippen LogP contribution in [0.2, 0.25) is 0 Å². The normalized spacial score (nSPS) is 8.92. The fourth-order valence-corrected chi connectivity index (χ4v) is 0.891. The maximum absolute atomic E-state index is 12.9. The molecule has 0 aromatic heterocycles. The Labute approximate surface area is 77.2 Å². The molecule has 0 aliphatic rings. The van der Waals surface area contributed by atoms with Crippen molar-refractivity contribution in [2.75, 3.05) is 5.75 Å². The lowest BCUT2D eigenvalue weighted by atomic mass is 10.1. The van der Waals surface area contributed by atoms with Crippen LogP contribution in [0.5, 0.6) is 0 Å². The molecule has 0 saturated carbocycles. The molecule has 0 fully saturated rings. The summed E-state index contributed by atoms with van der Waals surface area (Å²) in [6, 6.07) is 4.96. The lowest BCUT2D eigenvalue weighted by molar-refractivity contribution is 0.618. The maximum atomic E-state index is 12.9. The molecule has 1 aromatic rings. The topological polar surface area (TPSA) is 0 Å². The molecule has 0 saturated heterocycles. The quantitative estimate of drug-likeness (QED) is 0.460. The zero-order valence-electron chi connectivity index (χ0n) is 6.76. The molecule has 0 spiro atoms. The number of aryl methyl sites for hydroxylation is 1. The molecule has 0 aliphatic carbocycles. The molecule has 0 N–H and O–H groups in total. The van der Waals surface area contributed by atoms with Crippen LogP contribution in [0.1, 0.15) is 11.1 Å². The van der Waals surface area contributed by atoms with Crippen molar-refractivity contribution in [2.45, 2.75) is 6.92 Å². The van der Waals surface area contributed by atoms with Crippen LogP contribution in [0.4, 0.5) is 4.39 Å². The van der Waals surface area contributed by atoms with E-state index < -0.39 is 0 Å². The Morgan fingerprint density at radius 2 is 2.25 bits per heavy atom. The van der Waals surface area contributed by atoms with Gasteiger partial charge in [0.2, 0.25) is 0 Å². The summed E-state index contributed by atoms with van der Waals surface area (Å²) in [5, 5.41) is 0. The Morgan fingerprint density at radius 3 is 2.83 bits per heavy atom. The molecule has 0 aliphatic heterocycles. The zero-order chi connectivity index (χ0) is 8.97. The Bertz CT molecular complexity index is 333. The third-order valence-electron chi connectivity index (χ3n) is 1.48. The molecule has 0 radical (unpaired) electrons. The maximum Gasteiger partial charge on any atom is 0.127 e. The minimum atomic E-state index is -0.207. The van der Waals surface area contributed by atoms with E-state index >= 15 is 0 Å². The first kappa shape index (κ1) is 9.15. The Kier molecular flexibility index (Phi) is 3.19. The molecule has 0 heterocycles. The summed E-state index contributed by atoms with van der Waals surface area (Å²) in [6.07, 6.45) is 0. The van der Waals surface area contributed by atoms with E-state index in [2.05, 4.69) is 24.5 Å². The molecule has 0 atom stereocenters. The van der Waals surface area contributed by atoms with E-state index in [0.717, 1.165) is 0 Å². The van der Waals surface area contributed by atoms with E-state index in [4.69, 9.17) is 0 Å². The number of halogens is 1. The van der Waals surface area contributed by atoms with Gasteiger partial charge in [-0.15, -0.1) is 0 Å². The zero-order valence-corrected chi connectivity index (χ0v) is 7.66. The van der Waals surface area contributed by atoms with Crippen LogP contribution in [-0.4, -0.2) is 5.75 Å². The van der Waals surface area contributed by atoms with E-state index in [1.54, 1.807) is 19.1 Å². The summed E-state index contributed by atoms with van der Waals surface area (Å²) in [4.78, 5) is 0. The van der Waals surface area contributed by atoms with E-state index in [-0.39, 0.29) is 5.82 Å². The highest BCUT2D eigenvalue weighted by atomic mass is 32.1. The molecule has 0 bridgehead atoms. The number of benzene rings is 1. The van der Waals surface area contributed by atoms with E-state index in [0.29, 0.717) is 16.9 Å². The third-order valence-corrected chi connectivity index (χ3v) is 1.64. The van der Waals surface area contributed by atoms with Crippen molar-refractivity contribution in [3.05, 3.63) is 35.1 Å². The fourth-order valence-electron chi connectivity index (χ4n) is 0.812. The predicted octanol–water partition coefficient (Wildman–Crippen LogP) is 2.42. The lowest BCUT2D eigenvalue weighted by Gasteiger charge is -1.94. The van der Waals surface area contributed by atoms with Crippen LogP contribution >= 0.6 is 12.6 Å². The van der Waals surface area contributed by atoms with Gasteiger partial charge >= 0.3 is 0 Å². The number of thiol groups is 1. The Balaban J connectivity index is 2.97. The second-order valence-corrected chi connectivity index (χ2v) is 2.74. The van der Waals surface area contributed by atoms with Gasteiger partial charge in [-0.25, -0.2) is 4.39 Å². The molecule has 1 aromatic carbocycles. The van der Waals surface area contributed by atoms with Crippen LogP contribution in [0.25, 0.3) is 0 Å². The van der Waals surface area contributed by atoms with E-state index in [1.165, 1.54) is 6.07 Å². The van der Waals surface area contributed by atoms with Gasteiger partial charge < -0.3 is 0 Å². The van der Waals surface area contributed by atoms with Crippen LogP contribution in [-0.2, 0) is 0 Å². The summed E-state index contributed by atoms with van der Waals surface area (Å²) in [5.74, 6) is 5.84. The first-order valence-corrected chi connectivity index (χ1v) is 4.23. The van der Waals surface area contributed by atoms with Gasteiger partial charge in [0, 0.05) is 5.56 Å². The molecule has 0 unspecified atom stereocenters. The van der Waals surface area contributed by atoms with Gasteiger partial charge in [-0.1, -0.05) is 17.9 Å². The third kappa shape index (κ3) is 2.28. The second kappa shape index (κ2) is 4.18. The molecule has 0 amide bonds. The summed E-state index contributed by atoms with van der Waals surface area (Å²) in [5.41, 5.74) is 1.35. The highest BCUT2D eigenvalue weighted by Crippen LogP contribution is 2.07. The minimum absolute atomic E-state index is 0.207.